The summed E-state index contributed by atoms with van der Waals surface area (Å²) in [4.78, 5) is 64.4. The molecular weight excluding hydrogens is 696 g/mol. The Balaban J connectivity index is 1.43. The molecule has 5 aliphatic rings. The lowest BCUT2D eigenvalue weighted by atomic mass is 9.74. The van der Waals surface area contributed by atoms with E-state index in [-0.39, 0.29) is 31.4 Å². The molecule has 8 atom stereocenters. The van der Waals surface area contributed by atoms with E-state index in [0.29, 0.717) is 49.2 Å². The number of rotatable bonds is 7. The van der Waals surface area contributed by atoms with Crippen molar-refractivity contribution in [2.45, 2.75) is 69.0 Å². The fourth-order valence-electron chi connectivity index (χ4n) is 7.99. The molecule has 49 heavy (non-hydrogen) atoms. The number of benzene rings is 1. The summed E-state index contributed by atoms with van der Waals surface area (Å²) in [5.41, 5.74) is -0.733. The second-order valence-electron chi connectivity index (χ2n) is 13.6. The minimum absolute atomic E-state index is 0.105. The number of ether oxygens (including phenoxy) is 3. The molecule has 1 aromatic carbocycles. The first-order valence-corrected chi connectivity index (χ1v) is 18.2. The van der Waals surface area contributed by atoms with Crippen molar-refractivity contribution >= 4 is 39.6 Å². The number of fused-ring (bicyclic) bond motifs is 2. The Morgan fingerprint density at radius 2 is 1.76 bits per heavy atom. The summed E-state index contributed by atoms with van der Waals surface area (Å²) < 4.78 is 19.1. The minimum atomic E-state index is -1.44. The van der Waals surface area contributed by atoms with E-state index in [9.17, 15) is 24.3 Å². The first kappa shape index (κ1) is 35.7. The van der Waals surface area contributed by atoms with Crippen LogP contribution in [-0.4, -0.2) is 138 Å². The number of amides is 3. The van der Waals surface area contributed by atoms with Crippen molar-refractivity contribution < 1.29 is 38.5 Å². The molecule has 1 spiro atoms. The Hall–Kier alpha value is -3.10. The second kappa shape index (κ2) is 15.0. The zero-order valence-electron chi connectivity index (χ0n) is 28.4. The second-order valence-corrected chi connectivity index (χ2v) is 14.5. The van der Waals surface area contributed by atoms with Gasteiger partial charge >= 0.3 is 5.97 Å². The number of aliphatic hydroxyl groups is 1. The van der Waals surface area contributed by atoms with Gasteiger partial charge < -0.3 is 34.0 Å². The molecule has 0 saturated carbocycles. The van der Waals surface area contributed by atoms with Crippen LogP contribution < -0.4 is 0 Å². The molecule has 5 heterocycles. The smallest absolute Gasteiger partial charge is 0.313 e. The zero-order valence-corrected chi connectivity index (χ0v) is 30.0. The van der Waals surface area contributed by atoms with Gasteiger partial charge in [-0.25, -0.2) is 0 Å². The first-order chi connectivity index (χ1) is 23.6. The molecule has 0 unspecified atom stereocenters. The number of nitrogens with zero attached hydrogens (tertiary/aromatic N) is 4. The highest BCUT2D eigenvalue weighted by Crippen LogP contribution is 2.59. The summed E-state index contributed by atoms with van der Waals surface area (Å²) in [6.45, 7) is 7.36. The summed E-state index contributed by atoms with van der Waals surface area (Å²) in [6.07, 6.45) is 5.03. The average molecular weight is 744 g/mol. The van der Waals surface area contributed by atoms with Crippen LogP contribution in [0, 0.1) is 11.8 Å². The van der Waals surface area contributed by atoms with E-state index in [1.807, 2.05) is 56.3 Å². The predicted molar refractivity (Wildman–Crippen MR) is 183 cm³/mol. The normalized spacial score (nSPS) is 34.2. The lowest BCUT2D eigenvalue weighted by molar-refractivity contribution is -0.164. The zero-order chi connectivity index (χ0) is 34.9. The number of allylic oxidation sites excluding steroid dienone is 1. The van der Waals surface area contributed by atoms with Crippen LogP contribution in [0.4, 0.5) is 0 Å². The van der Waals surface area contributed by atoms with Gasteiger partial charge in [0.25, 0.3) is 0 Å². The molecule has 6 rings (SSSR count). The van der Waals surface area contributed by atoms with Crippen molar-refractivity contribution in [3.63, 3.8) is 0 Å². The topological polar surface area (TPSA) is 129 Å². The van der Waals surface area contributed by atoms with Crippen molar-refractivity contribution in [1.82, 2.24) is 19.6 Å². The van der Waals surface area contributed by atoms with Crippen molar-refractivity contribution in [3.8, 4) is 0 Å². The number of likely N-dealkylation sites (N-methyl/N-ethyl adjacent to an activating group) is 1. The number of hydrogen-bond acceptors (Lipinski definition) is 9. The highest BCUT2D eigenvalue weighted by atomic mass is 79.9. The lowest BCUT2D eigenvalue weighted by Gasteiger charge is -2.39. The maximum Gasteiger partial charge on any atom is 0.313 e. The van der Waals surface area contributed by atoms with Gasteiger partial charge in [-0.1, -0.05) is 65.3 Å². The molecule has 12 nitrogen and oxygen atoms in total. The Kier molecular flexibility index (Phi) is 10.9. The molecule has 13 heteroatoms. The number of carbonyl (C=O) groups excluding carboxylic acids is 4. The van der Waals surface area contributed by atoms with E-state index >= 15 is 0 Å². The molecule has 0 radical (unpaired) electrons. The molecule has 5 bridgehead atoms. The largest absolute Gasteiger partial charge is 0.455 e. The van der Waals surface area contributed by atoms with Crippen LogP contribution in [0.25, 0.3) is 0 Å². The minimum Gasteiger partial charge on any atom is -0.455 e. The number of cyclic esters (lactones) is 1. The first-order valence-electron chi connectivity index (χ1n) is 17.4. The number of aliphatic hydroxyl groups excluding tert-OH is 1. The van der Waals surface area contributed by atoms with E-state index in [0.717, 1.165) is 13.1 Å². The third kappa shape index (κ3) is 6.60. The molecule has 3 amide bonds. The number of halogens is 1. The summed E-state index contributed by atoms with van der Waals surface area (Å²) in [5, 5.41) is 10.5. The number of esters is 1. The highest BCUT2D eigenvalue weighted by Gasteiger charge is 2.75. The van der Waals surface area contributed by atoms with Crippen molar-refractivity contribution in [1.29, 1.82) is 0 Å². The van der Waals surface area contributed by atoms with E-state index in [1.54, 1.807) is 22.9 Å². The van der Waals surface area contributed by atoms with Gasteiger partial charge in [0.2, 0.25) is 17.7 Å². The molecule has 5 aliphatic heterocycles. The van der Waals surface area contributed by atoms with Crippen molar-refractivity contribution in [2.75, 3.05) is 59.6 Å². The fraction of sp³-hybridized carbons (Fsp3) is 0.611. The average Bonchev–Trinajstić information content (AvgIpc) is 3.71. The number of hydrogen-bond donors (Lipinski definition) is 1. The Labute approximate surface area is 296 Å². The monoisotopic (exact) mass is 742 g/mol. The molecule has 3 fully saturated rings. The molecule has 3 saturated heterocycles. The molecule has 0 aliphatic carbocycles. The van der Waals surface area contributed by atoms with Crippen LogP contribution in [0.5, 0.6) is 0 Å². The lowest BCUT2D eigenvalue weighted by Crippen LogP contribution is -2.59. The molecule has 1 N–H and O–H groups in total. The predicted octanol–water partition coefficient (Wildman–Crippen LogP) is 2.27. The molecular formula is C36H47BrN4O8. The summed E-state index contributed by atoms with van der Waals surface area (Å²) >= 11 is 3.62. The number of morpholine rings is 1. The molecule has 0 aromatic heterocycles. The van der Waals surface area contributed by atoms with Crippen LogP contribution in [0.1, 0.15) is 44.8 Å². The summed E-state index contributed by atoms with van der Waals surface area (Å²) in [5.74, 6) is -3.58. The van der Waals surface area contributed by atoms with Crippen LogP contribution in [-0.2, 0) is 33.4 Å². The van der Waals surface area contributed by atoms with Crippen molar-refractivity contribution in [3.05, 3.63) is 58.6 Å². The third-order valence-corrected chi connectivity index (χ3v) is 11.6. The van der Waals surface area contributed by atoms with Gasteiger partial charge in [-0.2, -0.15) is 0 Å². The molecule has 1 aromatic rings. The standard InChI is InChI=1S/C36H47BrN4O8/c1-4-25(22-42)41-32-34(45)40(16-15-39-17-19-47-20-18-39)14-10-6-9-13-27(43)38(3)23(2)30(24-11-7-5-8-12-24)48-35(46)28-29(33(41)44)36(32)21-26(37)31(28)49-36/h5-8,10-12,21,23,25,28-32,42H,4,9,13-20,22H2,1-3H3/b10-6-/t23-,25+,28+,29-,30+,31+,32+,36-/m1/s1. The summed E-state index contributed by atoms with van der Waals surface area (Å²) in [7, 11) is 1.71. The Morgan fingerprint density at radius 3 is 2.45 bits per heavy atom. The van der Waals surface area contributed by atoms with Gasteiger partial charge in [0.15, 0.2) is 0 Å². The third-order valence-electron chi connectivity index (χ3n) is 10.9. The Bertz CT molecular complexity index is 1460. The van der Waals surface area contributed by atoms with Gasteiger partial charge in [0.1, 0.15) is 29.8 Å². The quantitative estimate of drug-likeness (QED) is 0.331. The van der Waals surface area contributed by atoms with E-state index in [4.69, 9.17) is 14.2 Å². The number of carbonyl (C=O) groups is 4. The maximum atomic E-state index is 14.9. The van der Waals surface area contributed by atoms with Gasteiger partial charge in [0.05, 0.1) is 37.8 Å². The number of likely N-dealkylation sites (tertiary alicyclic amines) is 1. The SMILES string of the molecule is CC[C@@H](CO)N1C(=O)[C@H]2[C@@H]3C(=O)O[C@H](c4ccccc4)[C@@H](C)N(C)C(=O)CC/C=C\CN(CCN4CCOCC4)C(=O)[C@H]1[C@@]21C=C(Br)[C@@H]3O1. The summed E-state index contributed by atoms with van der Waals surface area (Å²) in [6, 6.07) is 6.97. The van der Waals surface area contributed by atoms with Gasteiger partial charge in [0, 0.05) is 50.7 Å². The van der Waals surface area contributed by atoms with Crippen molar-refractivity contribution in [2.24, 2.45) is 11.8 Å². The van der Waals surface area contributed by atoms with Gasteiger partial charge in [-0.05, 0) is 31.4 Å². The van der Waals surface area contributed by atoms with Gasteiger partial charge in [-0.3, -0.25) is 24.1 Å². The van der Waals surface area contributed by atoms with Gasteiger partial charge in [-0.15, -0.1) is 0 Å². The van der Waals surface area contributed by atoms with Crippen LogP contribution in [0.15, 0.2) is 53.0 Å². The molecule has 266 valence electrons. The van der Waals surface area contributed by atoms with Crippen LogP contribution in [0.3, 0.4) is 0 Å². The maximum absolute atomic E-state index is 14.9. The fourth-order valence-corrected chi connectivity index (χ4v) is 8.72. The van der Waals surface area contributed by atoms with E-state index in [2.05, 4.69) is 20.8 Å². The van der Waals surface area contributed by atoms with E-state index in [1.165, 1.54) is 4.90 Å². The highest BCUT2D eigenvalue weighted by molar-refractivity contribution is 9.11. The Morgan fingerprint density at radius 1 is 1.02 bits per heavy atom. The van der Waals surface area contributed by atoms with Crippen LogP contribution >= 0.6 is 15.9 Å². The van der Waals surface area contributed by atoms with E-state index < -0.39 is 59.6 Å². The van der Waals surface area contributed by atoms with Crippen LogP contribution in [0.2, 0.25) is 0 Å².